The van der Waals surface area contributed by atoms with Gasteiger partial charge in [-0.15, -0.1) is 0 Å². The molecular formula is C24H25F4N5O2. The molecule has 35 heavy (non-hydrogen) atoms. The van der Waals surface area contributed by atoms with Gasteiger partial charge in [-0.25, -0.2) is 4.39 Å². The Morgan fingerprint density at radius 2 is 2.03 bits per heavy atom. The van der Waals surface area contributed by atoms with Crippen LogP contribution < -0.4 is 10.2 Å². The Morgan fingerprint density at radius 3 is 2.60 bits per heavy atom. The van der Waals surface area contributed by atoms with E-state index in [1.54, 1.807) is 31.3 Å². The molecule has 3 N–H and O–H groups in total. The van der Waals surface area contributed by atoms with Crippen molar-refractivity contribution in [3.05, 3.63) is 64.2 Å². The summed E-state index contributed by atoms with van der Waals surface area (Å²) < 4.78 is 62.2. The first kappa shape index (κ1) is 24.8. The standard InChI is InChI=1S/C24H25F4N5O2/c1-31-9-14-6-17-18(19(7-14)24(26,27)28)10-33(22(17)34)16-5-3-4-15(8-16)23(11-35-12-23)20(25)21(30)32(2)13-29/h3-8,13,20,29-31H,9-12H2,1-2H3. The molecule has 1 fully saturated rings. The zero-order valence-electron chi connectivity index (χ0n) is 19.2. The minimum atomic E-state index is -4.62. The summed E-state index contributed by atoms with van der Waals surface area (Å²) in [7, 11) is 3.00. The highest BCUT2D eigenvalue weighted by Crippen LogP contribution is 2.42. The van der Waals surface area contributed by atoms with Crippen molar-refractivity contribution in [1.29, 1.82) is 10.8 Å². The summed E-state index contributed by atoms with van der Waals surface area (Å²) in [5, 5.41) is 18.2. The number of fused-ring (bicyclic) bond motifs is 1. The predicted molar refractivity (Wildman–Crippen MR) is 123 cm³/mol. The van der Waals surface area contributed by atoms with Gasteiger partial charge >= 0.3 is 6.18 Å². The Morgan fingerprint density at radius 1 is 1.31 bits per heavy atom. The monoisotopic (exact) mass is 491 g/mol. The summed E-state index contributed by atoms with van der Waals surface area (Å²) in [6.45, 7) is -0.103. The first-order chi connectivity index (χ1) is 16.5. The molecule has 1 amide bonds. The molecule has 7 nitrogen and oxygen atoms in total. The number of benzene rings is 2. The van der Waals surface area contributed by atoms with Crippen LogP contribution >= 0.6 is 0 Å². The van der Waals surface area contributed by atoms with Crippen LogP contribution in [0.3, 0.4) is 0 Å². The van der Waals surface area contributed by atoms with Crippen molar-refractivity contribution in [3.63, 3.8) is 0 Å². The van der Waals surface area contributed by atoms with E-state index >= 15 is 4.39 Å². The summed E-state index contributed by atoms with van der Waals surface area (Å²) in [6, 6.07) is 8.94. The van der Waals surface area contributed by atoms with Crippen molar-refractivity contribution in [2.24, 2.45) is 0 Å². The van der Waals surface area contributed by atoms with E-state index < -0.39 is 35.1 Å². The molecule has 1 unspecified atom stereocenters. The van der Waals surface area contributed by atoms with E-state index in [0.29, 0.717) is 16.8 Å². The number of anilines is 1. The van der Waals surface area contributed by atoms with Gasteiger partial charge in [0.25, 0.3) is 5.91 Å². The fraction of sp³-hybridized carbons (Fsp3) is 0.375. The van der Waals surface area contributed by atoms with Gasteiger partial charge in [0.2, 0.25) is 0 Å². The van der Waals surface area contributed by atoms with Crippen LogP contribution in [0.15, 0.2) is 36.4 Å². The smallest absolute Gasteiger partial charge is 0.379 e. The Balaban J connectivity index is 1.71. The van der Waals surface area contributed by atoms with Crippen molar-refractivity contribution in [3.8, 4) is 0 Å². The molecule has 1 atom stereocenters. The van der Waals surface area contributed by atoms with Crippen LogP contribution in [0.25, 0.3) is 0 Å². The molecule has 0 saturated carbocycles. The van der Waals surface area contributed by atoms with Crippen LogP contribution in [0.5, 0.6) is 0 Å². The van der Waals surface area contributed by atoms with Crippen molar-refractivity contribution in [2.45, 2.75) is 30.9 Å². The van der Waals surface area contributed by atoms with Gasteiger partial charge in [-0.3, -0.25) is 15.6 Å². The largest absolute Gasteiger partial charge is 0.416 e. The lowest BCUT2D eigenvalue weighted by atomic mass is 9.73. The normalized spacial score (nSPS) is 17.5. The maximum atomic E-state index is 15.5. The second-order valence-corrected chi connectivity index (χ2v) is 8.78. The Hall–Kier alpha value is -3.31. The van der Waals surface area contributed by atoms with Crippen LogP contribution in [-0.4, -0.2) is 56.5 Å². The zero-order chi connectivity index (χ0) is 25.5. The number of alkyl halides is 4. The number of rotatable bonds is 7. The Bertz CT molecular complexity index is 1180. The first-order valence-corrected chi connectivity index (χ1v) is 10.9. The third-order valence-corrected chi connectivity index (χ3v) is 6.54. The zero-order valence-corrected chi connectivity index (χ0v) is 19.2. The molecule has 2 heterocycles. The second kappa shape index (κ2) is 9.04. The number of carbonyl (C=O) groups is 1. The molecule has 11 heteroatoms. The third-order valence-electron chi connectivity index (χ3n) is 6.54. The van der Waals surface area contributed by atoms with Crippen LogP contribution in [0, 0.1) is 10.8 Å². The van der Waals surface area contributed by atoms with E-state index in [-0.39, 0.29) is 37.4 Å². The van der Waals surface area contributed by atoms with E-state index in [1.165, 1.54) is 18.0 Å². The van der Waals surface area contributed by atoms with Crippen LogP contribution in [0.1, 0.15) is 32.6 Å². The average molecular weight is 491 g/mol. The molecule has 0 radical (unpaired) electrons. The summed E-state index contributed by atoms with van der Waals surface area (Å²) in [6.07, 6.45) is -5.58. The maximum Gasteiger partial charge on any atom is 0.416 e. The lowest BCUT2D eigenvalue weighted by molar-refractivity contribution is -0.138. The second-order valence-electron chi connectivity index (χ2n) is 8.78. The molecule has 0 bridgehead atoms. The van der Waals surface area contributed by atoms with Gasteiger partial charge in [-0.05, 0) is 48.0 Å². The fourth-order valence-electron chi connectivity index (χ4n) is 4.51. The molecule has 2 aromatic carbocycles. The SMILES string of the molecule is CNCc1cc2c(c(C(F)(F)F)c1)CN(c1cccc(C3(C(F)C(=N)N(C)C=N)COC3)c1)C2=O. The highest BCUT2D eigenvalue weighted by molar-refractivity contribution is 6.10. The molecule has 0 aromatic heterocycles. The van der Waals surface area contributed by atoms with Crippen molar-refractivity contribution in [1.82, 2.24) is 10.2 Å². The van der Waals surface area contributed by atoms with Crippen molar-refractivity contribution in [2.75, 3.05) is 32.2 Å². The Labute approximate surface area is 199 Å². The van der Waals surface area contributed by atoms with E-state index in [1.807, 2.05) is 0 Å². The fourth-order valence-corrected chi connectivity index (χ4v) is 4.51. The van der Waals surface area contributed by atoms with E-state index in [4.69, 9.17) is 15.6 Å². The summed E-state index contributed by atoms with van der Waals surface area (Å²) in [5.41, 5.74) is -0.991. The number of amides is 1. The minimum absolute atomic E-state index is 0.00470. The van der Waals surface area contributed by atoms with Crippen molar-refractivity contribution < 1.29 is 27.1 Å². The molecule has 0 spiro atoms. The van der Waals surface area contributed by atoms with E-state index in [0.717, 1.165) is 17.3 Å². The number of ether oxygens (including phenoxy) is 1. The average Bonchev–Trinajstić information content (AvgIpc) is 3.13. The number of nitrogens with one attached hydrogen (secondary N) is 3. The van der Waals surface area contributed by atoms with Gasteiger partial charge in [0, 0.05) is 24.8 Å². The maximum absolute atomic E-state index is 15.5. The van der Waals surface area contributed by atoms with E-state index in [2.05, 4.69) is 5.32 Å². The van der Waals surface area contributed by atoms with Gasteiger partial charge in [-0.2, -0.15) is 13.2 Å². The molecule has 1 saturated heterocycles. The molecule has 2 aliphatic heterocycles. The first-order valence-electron chi connectivity index (χ1n) is 10.9. The number of hydrogen-bond acceptors (Lipinski definition) is 5. The topological polar surface area (TPSA) is 92.5 Å². The molecule has 4 rings (SSSR count). The lowest BCUT2D eigenvalue weighted by Gasteiger charge is -2.45. The van der Waals surface area contributed by atoms with Crippen LogP contribution in [0.2, 0.25) is 0 Å². The predicted octanol–water partition coefficient (Wildman–Crippen LogP) is 3.71. The van der Waals surface area contributed by atoms with E-state index in [9.17, 15) is 18.0 Å². The molecular weight excluding hydrogens is 466 g/mol. The minimum Gasteiger partial charge on any atom is -0.379 e. The number of halogens is 4. The lowest BCUT2D eigenvalue weighted by Crippen LogP contribution is -2.58. The van der Waals surface area contributed by atoms with Crippen LogP contribution in [0.4, 0.5) is 23.2 Å². The number of amidine groups is 1. The summed E-state index contributed by atoms with van der Waals surface area (Å²) >= 11 is 0. The number of carbonyl (C=O) groups excluding carboxylic acids is 1. The Kier molecular flexibility index (Phi) is 6.41. The van der Waals surface area contributed by atoms with Gasteiger partial charge in [0.05, 0.1) is 37.1 Å². The summed E-state index contributed by atoms with van der Waals surface area (Å²) in [5.74, 6) is -0.974. The van der Waals surface area contributed by atoms with Crippen molar-refractivity contribution >= 4 is 23.8 Å². The highest BCUT2D eigenvalue weighted by atomic mass is 19.4. The van der Waals surface area contributed by atoms with Gasteiger partial charge in [-0.1, -0.05) is 12.1 Å². The highest BCUT2D eigenvalue weighted by Gasteiger charge is 2.51. The van der Waals surface area contributed by atoms with Gasteiger partial charge in [0.1, 0.15) is 5.84 Å². The quantitative estimate of drug-likeness (QED) is 0.313. The van der Waals surface area contributed by atoms with Crippen LogP contribution in [-0.2, 0) is 29.4 Å². The number of hydrogen-bond donors (Lipinski definition) is 3. The van der Waals surface area contributed by atoms with Gasteiger partial charge in [0.15, 0.2) is 6.17 Å². The molecule has 186 valence electrons. The summed E-state index contributed by atoms with van der Waals surface area (Å²) in [4.78, 5) is 15.5. The molecule has 2 aliphatic rings. The molecule has 0 aliphatic carbocycles. The molecule has 2 aromatic rings. The number of nitrogens with zero attached hydrogens (tertiary/aromatic N) is 2. The third kappa shape index (κ3) is 4.19. The van der Waals surface area contributed by atoms with Gasteiger partial charge < -0.3 is 19.9 Å².